The molecule has 1 heterocycles. The first-order valence-corrected chi connectivity index (χ1v) is 12.0. The molecule has 0 bridgehead atoms. The molecular weight excluding hydrogens is 444 g/mol. The van der Waals surface area contributed by atoms with Gasteiger partial charge in [0.1, 0.15) is 12.6 Å². The van der Waals surface area contributed by atoms with E-state index < -0.39 is 23.5 Å². The lowest BCUT2D eigenvalue weighted by atomic mass is 9.81. The molecule has 2 aromatic rings. The minimum Gasteiger partial charge on any atom is -0.481 e. The molecule has 0 spiro atoms. The maximum absolute atomic E-state index is 13.2. The summed E-state index contributed by atoms with van der Waals surface area (Å²) in [4.78, 5) is 39.5. The number of aliphatic carboxylic acids is 1. The normalized spacial score (nSPS) is 23.1. The summed E-state index contributed by atoms with van der Waals surface area (Å²) in [5, 5.41) is 12.4. The van der Waals surface area contributed by atoms with E-state index in [9.17, 15) is 19.5 Å². The molecule has 2 N–H and O–H groups in total. The Morgan fingerprint density at radius 1 is 1.14 bits per heavy atom. The third-order valence-corrected chi connectivity index (χ3v) is 7.86. The summed E-state index contributed by atoms with van der Waals surface area (Å²) in [6.45, 7) is 0.655. The molecule has 2 amide bonds. The van der Waals surface area contributed by atoms with Crippen molar-refractivity contribution >= 4 is 18.0 Å². The molecule has 3 aliphatic rings. The van der Waals surface area contributed by atoms with Gasteiger partial charge in [0.15, 0.2) is 0 Å². The van der Waals surface area contributed by atoms with Crippen molar-refractivity contribution in [2.24, 2.45) is 11.3 Å². The van der Waals surface area contributed by atoms with Gasteiger partial charge in [-0.1, -0.05) is 55.0 Å². The number of carboxylic acids is 1. The second kappa shape index (κ2) is 9.10. The second-order valence-electron chi connectivity index (χ2n) is 9.70. The van der Waals surface area contributed by atoms with Crippen LogP contribution < -0.4 is 5.32 Å². The number of alkyl carbamates (subject to hydrolysis) is 1. The largest absolute Gasteiger partial charge is 0.481 e. The number of nitrogens with zero attached hydrogens (tertiary/aromatic N) is 1. The summed E-state index contributed by atoms with van der Waals surface area (Å²) in [6.07, 6.45) is 6.97. The van der Waals surface area contributed by atoms with E-state index in [4.69, 9.17) is 11.2 Å². The van der Waals surface area contributed by atoms with E-state index in [1.54, 1.807) is 4.90 Å². The number of hydrogen-bond donors (Lipinski definition) is 2. The fraction of sp³-hybridized carbons (Fsp3) is 0.393. The third kappa shape index (κ3) is 3.93. The van der Waals surface area contributed by atoms with E-state index in [0.29, 0.717) is 13.0 Å². The Hall–Kier alpha value is -3.79. The topological polar surface area (TPSA) is 95.9 Å². The molecule has 180 valence electrons. The van der Waals surface area contributed by atoms with Crippen molar-refractivity contribution in [1.29, 1.82) is 0 Å². The van der Waals surface area contributed by atoms with E-state index in [0.717, 1.165) is 35.1 Å². The highest BCUT2D eigenvalue weighted by Crippen LogP contribution is 2.49. The summed E-state index contributed by atoms with van der Waals surface area (Å²) in [7, 11) is 0. The van der Waals surface area contributed by atoms with Crippen molar-refractivity contribution in [1.82, 2.24) is 10.2 Å². The number of amides is 2. The molecule has 7 nitrogen and oxygen atoms in total. The van der Waals surface area contributed by atoms with Gasteiger partial charge in [-0.3, -0.25) is 9.59 Å². The van der Waals surface area contributed by atoms with Crippen LogP contribution in [0.25, 0.3) is 11.1 Å². The highest BCUT2D eigenvalue weighted by molar-refractivity contribution is 5.88. The molecule has 2 aliphatic carbocycles. The molecule has 2 aromatic carbocycles. The standard InChI is InChI=1S/C28H28N2O5/c1-2-8-24(25(31)30-15-18-9-7-14-28(18,17-30)26(32)33)29-27(34)35-16-23-21-12-5-3-10-19(21)20-11-4-6-13-22(20)23/h1,3-6,10-13,18,23-24H,7-9,14-17H2,(H,29,34)(H,32,33). The van der Waals surface area contributed by atoms with Crippen LogP contribution in [0.2, 0.25) is 0 Å². The van der Waals surface area contributed by atoms with Crippen LogP contribution in [0, 0.1) is 23.7 Å². The van der Waals surface area contributed by atoms with E-state index in [1.165, 1.54) is 0 Å². The van der Waals surface area contributed by atoms with Crippen molar-refractivity contribution < 1.29 is 24.2 Å². The van der Waals surface area contributed by atoms with Crippen LogP contribution in [0.5, 0.6) is 0 Å². The van der Waals surface area contributed by atoms with Gasteiger partial charge in [-0.15, -0.1) is 12.3 Å². The average molecular weight is 473 g/mol. The number of carbonyl (C=O) groups excluding carboxylic acids is 2. The molecule has 1 saturated carbocycles. The summed E-state index contributed by atoms with van der Waals surface area (Å²) < 4.78 is 5.58. The smallest absolute Gasteiger partial charge is 0.407 e. The fourth-order valence-electron chi connectivity index (χ4n) is 6.13. The molecule has 1 aliphatic heterocycles. The lowest BCUT2D eigenvalue weighted by Crippen LogP contribution is -2.49. The monoisotopic (exact) mass is 472 g/mol. The first kappa shape index (κ1) is 23.0. The number of terminal acetylenes is 1. The predicted octanol–water partition coefficient (Wildman–Crippen LogP) is 3.63. The van der Waals surface area contributed by atoms with Gasteiger partial charge in [-0.25, -0.2) is 4.79 Å². The minimum atomic E-state index is -0.958. The zero-order valence-corrected chi connectivity index (χ0v) is 19.4. The van der Waals surface area contributed by atoms with Crippen LogP contribution in [0.4, 0.5) is 4.79 Å². The van der Waals surface area contributed by atoms with Gasteiger partial charge in [-0.2, -0.15) is 0 Å². The number of nitrogens with one attached hydrogen (secondary N) is 1. The number of rotatable bonds is 6. The number of carbonyl (C=O) groups is 3. The molecule has 0 radical (unpaired) electrons. The number of benzene rings is 2. The van der Waals surface area contributed by atoms with Crippen LogP contribution >= 0.6 is 0 Å². The van der Waals surface area contributed by atoms with Gasteiger partial charge >= 0.3 is 12.1 Å². The van der Waals surface area contributed by atoms with Gasteiger partial charge in [0.25, 0.3) is 0 Å². The number of fused-ring (bicyclic) bond motifs is 4. The molecule has 0 aromatic heterocycles. The zero-order valence-electron chi connectivity index (χ0n) is 19.4. The number of ether oxygens (including phenoxy) is 1. The Balaban J connectivity index is 1.25. The average Bonchev–Trinajstić information content (AvgIpc) is 3.52. The Kier molecular flexibility index (Phi) is 5.98. The lowest BCUT2D eigenvalue weighted by molar-refractivity contribution is -0.149. The van der Waals surface area contributed by atoms with E-state index in [-0.39, 0.29) is 37.3 Å². The van der Waals surface area contributed by atoms with Crippen molar-refractivity contribution in [3.05, 3.63) is 59.7 Å². The fourth-order valence-corrected chi connectivity index (χ4v) is 6.13. The summed E-state index contributed by atoms with van der Waals surface area (Å²) >= 11 is 0. The van der Waals surface area contributed by atoms with Crippen LogP contribution in [0.15, 0.2) is 48.5 Å². The molecule has 2 fully saturated rings. The first-order chi connectivity index (χ1) is 16.9. The maximum atomic E-state index is 13.2. The van der Waals surface area contributed by atoms with E-state index in [2.05, 4.69) is 23.4 Å². The van der Waals surface area contributed by atoms with Crippen molar-refractivity contribution in [2.45, 2.75) is 37.6 Å². The summed E-state index contributed by atoms with van der Waals surface area (Å²) in [5.74, 6) is 1.08. The minimum absolute atomic E-state index is 0.00423. The summed E-state index contributed by atoms with van der Waals surface area (Å²) in [6, 6.07) is 15.1. The number of likely N-dealkylation sites (tertiary alicyclic amines) is 1. The molecule has 7 heteroatoms. The third-order valence-electron chi connectivity index (χ3n) is 7.86. The summed E-state index contributed by atoms with van der Waals surface area (Å²) in [5.41, 5.74) is 3.56. The molecular formula is C28H28N2O5. The molecule has 3 atom stereocenters. The Bertz CT molecular complexity index is 1170. The first-order valence-electron chi connectivity index (χ1n) is 12.0. The van der Waals surface area contributed by atoms with Crippen LogP contribution in [0.3, 0.4) is 0 Å². The zero-order chi connectivity index (χ0) is 24.6. The van der Waals surface area contributed by atoms with Gasteiger partial charge in [0.2, 0.25) is 5.91 Å². The second-order valence-corrected chi connectivity index (χ2v) is 9.70. The van der Waals surface area contributed by atoms with Gasteiger partial charge in [0, 0.05) is 25.4 Å². The highest BCUT2D eigenvalue weighted by atomic mass is 16.5. The Labute approximate surface area is 204 Å². The SMILES string of the molecule is C#CCC(NC(=O)OCC1c2ccccc2-c2ccccc21)C(=O)N1CC2CCCC2(C(=O)O)C1. The van der Waals surface area contributed by atoms with Crippen molar-refractivity contribution in [3.8, 4) is 23.5 Å². The molecule has 35 heavy (non-hydrogen) atoms. The van der Waals surface area contributed by atoms with E-state index >= 15 is 0 Å². The van der Waals surface area contributed by atoms with Gasteiger partial charge < -0.3 is 20.1 Å². The molecule has 5 rings (SSSR count). The quantitative estimate of drug-likeness (QED) is 0.626. The van der Waals surface area contributed by atoms with Crippen LogP contribution in [0.1, 0.15) is 42.7 Å². The molecule has 1 saturated heterocycles. The number of hydrogen-bond acceptors (Lipinski definition) is 4. The Morgan fingerprint density at radius 3 is 2.40 bits per heavy atom. The van der Waals surface area contributed by atoms with Gasteiger partial charge in [-0.05, 0) is 41.0 Å². The Morgan fingerprint density at radius 2 is 1.80 bits per heavy atom. The molecule has 3 unspecified atom stereocenters. The predicted molar refractivity (Wildman–Crippen MR) is 129 cm³/mol. The lowest BCUT2D eigenvalue weighted by Gasteiger charge is -2.26. The number of carboxylic acid groups (broad SMARTS) is 1. The van der Waals surface area contributed by atoms with Crippen molar-refractivity contribution in [2.75, 3.05) is 19.7 Å². The van der Waals surface area contributed by atoms with E-state index in [1.807, 2.05) is 36.4 Å². The van der Waals surface area contributed by atoms with Gasteiger partial charge in [0.05, 0.1) is 5.41 Å². The highest BCUT2D eigenvalue weighted by Gasteiger charge is 2.56. The van der Waals surface area contributed by atoms with Crippen LogP contribution in [-0.2, 0) is 14.3 Å². The maximum Gasteiger partial charge on any atom is 0.407 e. The van der Waals surface area contributed by atoms with Crippen LogP contribution in [-0.4, -0.2) is 53.7 Å². The van der Waals surface area contributed by atoms with Crippen molar-refractivity contribution in [3.63, 3.8) is 0 Å².